The fourth-order valence-corrected chi connectivity index (χ4v) is 2.04. The van der Waals surface area contributed by atoms with Gasteiger partial charge in [-0.1, -0.05) is 20.8 Å². The van der Waals surface area contributed by atoms with Crippen molar-refractivity contribution in [2.45, 2.75) is 72.4 Å². The first-order valence-electron chi connectivity index (χ1n) is 7.77. The molecule has 0 aromatic rings. The van der Waals surface area contributed by atoms with Gasteiger partial charge in [0.1, 0.15) is 5.60 Å². The first-order valence-corrected chi connectivity index (χ1v) is 7.77. The predicted molar refractivity (Wildman–Crippen MR) is 82.8 cm³/mol. The Labute approximate surface area is 124 Å². The molecule has 1 amide bonds. The van der Waals surface area contributed by atoms with Crippen LogP contribution in [0.5, 0.6) is 0 Å². The van der Waals surface area contributed by atoms with Gasteiger partial charge in [0.05, 0.1) is 0 Å². The lowest BCUT2D eigenvalue weighted by molar-refractivity contribution is 0.0520. The van der Waals surface area contributed by atoms with Gasteiger partial charge in [0.15, 0.2) is 0 Å². The van der Waals surface area contributed by atoms with Gasteiger partial charge in [-0.2, -0.15) is 0 Å². The Morgan fingerprint density at radius 3 is 2.25 bits per heavy atom. The number of carbonyl (C=O) groups is 1. The molecular weight excluding hydrogens is 252 g/mol. The van der Waals surface area contributed by atoms with Gasteiger partial charge in [-0.3, -0.25) is 0 Å². The van der Waals surface area contributed by atoms with Crippen LogP contribution in [0.1, 0.15) is 60.8 Å². The van der Waals surface area contributed by atoms with Crippen molar-refractivity contribution >= 4 is 6.09 Å². The van der Waals surface area contributed by atoms with Crippen LogP contribution in [0.2, 0.25) is 0 Å². The quantitative estimate of drug-likeness (QED) is 0.786. The first kappa shape index (κ1) is 17.3. The van der Waals surface area contributed by atoms with Gasteiger partial charge < -0.3 is 15.4 Å². The monoisotopic (exact) mass is 284 g/mol. The van der Waals surface area contributed by atoms with E-state index < -0.39 is 5.60 Å². The molecule has 0 saturated heterocycles. The largest absolute Gasteiger partial charge is 0.444 e. The van der Waals surface area contributed by atoms with Gasteiger partial charge in [-0.15, -0.1) is 0 Å². The molecule has 0 aliphatic heterocycles. The van der Waals surface area contributed by atoms with Gasteiger partial charge in [0.2, 0.25) is 0 Å². The van der Waals surface area contributed by atoms with E-state index >= 15 is 0 Å². The number of alkyl carbamates (subject to hydrolysis) is 1. The van der Waals surface area contributed by atoms with Crippen LogP contribution in [0.15, 0.2) is 0 Å². The van der Waals surface area contributed by atoms with Crippen molar-refractivity contribution in [1.29, 1.82) is 0 Å². The Hall–Kier alpha value is -0.770. The molecule has 1 rings (SSSR count). The van der Waals surface area contributed by atoms with Gasteiger partial charge in [0.25, 0.3) is 0 Å². The molecular formula is C16H32N2O2. The summed E-state index contributed by atoms with van der Waals surface area (Å²) in [5.74, 6) is 0.713. The average molecular weight is 284 g/mol. The van der Waals surface area contributed by atoms with E-state index in [-0.39, 0.29) is 6.09 Å². The lowest BCUT2D eigenvalue weighted by Gasteiger charge is -2.24. The van der Waals surface area contributed by atoms with Crippen molar-refractivity contribution < 1.29 is 9.53 Å². The molecule has 1 fully saturated rings. The van der Waals surface area contributed by atoms with Crippen LogP contribution in [-0.2, 0) is 4.74 Å². The SMILES string of the molecule is CC(C)(C)CCNC(CNC(=O)OC(C)(C)C)C1CC1. The van der Waals surface area contributed by atoms with Crippen LogP contribution < -0.4 is 10.6 Å². The van der Waals surface area contributed by atoms with Crippen LogP contribution in [-0.4, -0.2) is 30.8 Å². The second-order valence-electron chi connectivity index (χ2n) is 8.09. The minimum absolute atomic E-state index is 0.319. The fourth-order valence-electron chi connectivity index (χ4n) is 2.04. The summed E-state index contributed by atoms with van der Waals surface area (Å²) in [6, 6.07) is 0.380. The van der Waals surface area contributed by atoms with Crippen molar-refractivity contribution in [3.8, 4) is 0 Å². The average Bonchev–Trinajstić information content (AvgIpc) is 3.02. The second-order valence-corrected chi connectivity index (χ2v) is 8.09. The number of nitrogens with one attached hydrogen (secondary N) is 2. The standard InChI is InChI=1S/C16H32N2O2/c1-15(2,3)9-10-17-13(12-7-8-12)11-18-14(19)20-16(4,5)6/h12-13,17H,7-11H2,1-6H3,(H,18,19). The third-order valence-electron chi connectivity index (χ3n) is 3.34. The van der Waals surface area contributed by atoms with E-state index in [1.807, 2.05) is 20.8 Å². The zero-order valence-electron chi connectivity index (χ0n) is 14.0. The maximum absolute atomic E-state index is 11.7. The number of amides is 1. The highest BCUT2D eigenvalue weighted by Gasteiger charge is 2.31. The normalized spacial score (nSPS) is 17.7. The fraction of sp³-hybridized carbons (Fsp3) is 0.938. The van der Waals surface area contributed by atoms with Gasteiger partial charge in [-0.05, 0) is 57.9 Å². The van der Waals surface area contributed by atoms with E-state index in [1.54, 1.807) is 0 Å². The lowest BCUT2D eigenvalue weighted by atomic mass is 9.92. The molecule has 4 heteroatoms. The summed E-state index contributed by atoms with van der Waals surface area (Å²) in [7, 11) is 0. The molecule has 2 N–H and O–H groups in total. The molecule has 0 bridgehead atoms. The van der Waals surface area contributed by atoms with E-state index in [0.717, 1.165) is 13.0 Å². The Bertz CT molecular complexity index is 311. The number of hydrogen-bond acceptors (Lipinski definition) is 3. The summed E-state index contributed by atoms with van der Waals surface area (Å²) >= 11 is 0. The van der Waals surface area contributed by atoms with Gasteiger partial charge in [0, 0.05) is 12.6 Å². The van der Waals surface area contributed by atoms with Crippen molar-refractivity contribution in [2.75, 3.05) is 13.1 Å². The second kappa shape index (κ2) is 6.79. The molecule has 4 nitrogen and oxygen atoms in total. The summed E-state index contributed by atoms with van der Waals surface area (Å²) in [6.45, 7) is 14.1. The van der Waals surface area contributed by atoms with E-state index in [0.29, 0.717) is 23.9 Å². The summed E-state index contributed by atoms with van der Waals surface area (Å²) in [5, 5.41) is 6.47. The summed E-state index contributed by atoms with van der Waals surface area (Å²) < 4.78 is 5.27. The molecule has 0 heterocycles. The Morgan fingerprint density at radius 1 is 1.20 bits per heavy atom. The highest BCUT2D eigenvalue weighted by Crippen LogP contribution is 2.32. The third-order valence-corrected chi connectivity index (χ3v) is 3.34. The van der Waals surface area contributed by atoms with Crippen molar-refractivity contribution in [2.24, 2.45) is 11.3 Å². The molecule has 118 valence electrons. The van der Waals surface area contributed by atoms with E-state index in [2.05, 4.69) is 31.4 Å². The zero-order chi connectivity index (χ0) is 15.4. The number of ether oxygens (including phenoxy) is 1. The molecule has 1 unspecified atom stereocenters. The molecule has 0 aromatic carbocycles. The molecule has 0 spiro atoms. The maximum atomic E-state index is 11.7. The Kier molecular flexibility index (Phi) is 5.87. The molecule has 0 radical (unpaired) electrons. The van der Waals surface area contributed by atoms with Crippen molar-refractivity contribution in [1.82, 2.24) is 10.6 Å². The van der Waals surface area contributed by atoms with E-state index in [9.17, 15) is 4.79 Å². The topological polar surface area (TPSA) is 50.4 Å². The molecule has 1 aliphatic carbocycles. The van der Waals surface area contributed by atoms with Crippen LogP contribution in [0, 0.1) is 11.3 Å². The third kappa shape index (κ3) is 8.41. The molecule has 0 aromatic heterocycles. The minimum atomic E-state index is -0.432. The minimum Gasteiger partial charge on any atom is -0.444 e. The highest BCUT2D eigenvalue weighted by atomic mass is 16.6. The van der Waals surface area contributed by atoms with E-state index in [4.69, 9.17) is 4.74 Å². The lowest BCUT2D eigenvalue weighted by Crippen LogP contribution is -2.44. The van der Waals surface area contributed by atoms with Crippen LogP contribution >= 0.6 is 0 Å². The first-order chi connectivity index (χ1) is 9.07. The van der Waals surface area contributed by atoms with Gasteiger partial charge in [-0.25, -0.2) is 4.79 Å². The van der Waals surface area contributed by atoms with Crippen molar-refractivity contribution in [3.63, 3.8) is 0 Å². The summed E-state index contributed by atoms with van der Waals surface area (Å²) in [6.07, 6.45) is 3.36. The molecule has 1 saturated carbocycles. The number of hydrogen-bond donors (Lipinski definition) is 2. The Morgan fingerprint density at radius 2 is 1.80 bits per heavy atom. The maximum Gasteiger partial charge on any atom is 0.407 e. The molecule has 20 heavy (non-hydrogen) atoms. The zero-order valence-corrected chi connectivity index (χ0v) is 14.0. The van der Waals surface area contributed by atoms with E-state index in [1.165, 1.54) is 12.8 Å². The predicted octanol–water partition coefficient (Wildman–Crippen LogP) is 3.32. The number of carbonyl (C=O) groups excluding carboxylic acids is 1. The van der Waals surface area contributed by atoms with Crippen molar-refractivity contribution in [3.05, 3.63) is 0 Å². The van der Waals surface area contributed by atoms with Gasteiger partial charge >= 0.3 is 6.09 Å². The van der Waals surface area contributed by atoms with Crippen LogP contribution in [0.3, 0.4) is 0 Å². The smallest absolute Gasteiger partial charge is 0.407 e. The summed E-state index contributed by atoms with van der Waals surface area (Å²) in [4.78, 5) is 11.7. The molecule has 1 aliphatic rings. The van der Waals surface area contributed by atoms with Crippen LogP contribution in [0.25, 0.3) is 0 Å². The molecule has 1 atom stereocenters. The highest BCUT2D eigenvalue weighted by molar-refractivity contribution is 5.67. The number of rotatable bonds is 6. The Balaban J connectivity index is 2.28. The van der Waals surface area contributed by atoms with Crippen LogP contribution in [0.4, 0.5) is 4.79 Å². The summed E-state index contributed by atoms with van der Waals surface area (Å²) in [5.41, 5.74) is -0.0848.